The number of carbonyl (C=O) groups excluding carboxylic acids is 2. The van der Waals surface area contributed by atoms with Gasteiger partial charge in [-0.2, -0.15) is 4.98 Å². The monoisotopic (exact) mass is 373 g/mol. The summed E-state index contributed by atoms with van der Waals surface area (Å²) in [5, 5.41) is 2.42. The van der Waals surface area contributed by atoms with Crippen molar-refractivity contribution < 1.29 is 23.8 Å². The van der Waals surface area contributed by atoms with E-state index in [0.717, 1.165) is 5.56 Å². The maximum atomic E-state index is 12.3. The van der Waals surface area contributed by atoms with Crippen LogP contribution >= 0.6 is 0 Å². The summed E-state index contributed by atoms with van der Waals surface area (Å²) in [7, 11) is 4.72. The number of hydrogen-bond acceptors (Lipinski definition) is 6. The van der Waals surface area contributed by atoms with E-state index in [-0.39, 0.29) is 5.91 Å². The fourth-order valence-corrected chi connectivity index (χ4v) is 2.47. The predicted molar refractivity (Wildman–Crippen MR) is 101 cm³/mol. The van der Waals surface area contributed by atoms with Crippen molar-refractivity contribution in [3.8, 4) is 23.1 Å². The smallest absolute Gasteiger partial charge is 0.250 e. The van der Waals surface area contributed by atoms with Crippen molar-refractivity contribution in [3.05, 3.63) is 35.9 Å². The molecule has 8 heteroatoms. The highest BCUT2D eigenvalue weighted by atomic mass is 16.5. The molecule has 0 bridgehead atoms. The van der Waals surface area contributed by atoms with Crippen molar-refractivity contribution in [2.75, 3.05) is 26.2 Å². The standard InChI is InChI=1S/C19H23N3O5/c1-12-15(25-4)9-14(10-16(12)26-5)27-18-8-6-7-17(21-18)22(3)19(24)13(2)20-11-23/h6-11,13H,1-5H3,(H,20,23). The number of benzene rings is 1. The molecule has 1 heterocycles. The number of methoxy groups -OCH3 is 2. The van der Waals surface area contributed by atoms with Crippen LogP contribution in [0.15, 0.2) is 30.3 Å². The van der Waals surface area contributed by atoms with Crippen LogP contribution in [0, 0.1) is 6.92 Å². The lowest BCUT2D eigenvalue weighted by molar-refractivity contribution is -0.122. The Kier molecular flexibility index (Phi) is 6.59. The van der Waals surface area contributed by atoms with E-state index >= 15 is 0 Å². The lowest BCUT2D eigenvalue weighted by atomic mass is 10.2. The summed E-state index contributed by atoms with van der Waals surface area (Å²) in [5.41, 5.74) is 0.857. The Bertz CT molecular complexity index is 800. The third-order valence-electron chi connectivity index (χ3n) is 4.02. The molecule has 2 aromatic rings. The fraction of sp³-hybridized carbons (Fsp3) is 0.316. The summed E-state index contributed by atoms with van der Waals surface area (Å²) in [4.78, 5) is 28.5. The van der Waals surface area contributed by atoms with Gasteiger partial charge in [-0.3, -0.25) is 14.5 Å². The summed E-state index contributed by atoms with van der Waals surface area (Å²) < 4.78 is 16.5. The molecule has 0 spiro atoms. The van der Waals surface area contributed by atoms with Crippen molar-refractivity contribution in [1.29, 1.82) is 0 Å². The molecular weight excluding hydrogens is 350 g/mol. The normalized spacial score (nSPS) is 11.3. The van der Waals surface area contributed by atoms with Crippen LogP contribution in [0.2, 0.25) is 0 Å². The summed E-state index contributed by atoms with van der Waals surface area (Å²) in [6.45, 7) is 3.48. The molecule has 27 heavy (non-hydrogen) atoms. The van der Waals surface area contributed by atoms with Gasteiger partial charge in [-0.1, -0.05) is 6.07 Å². The molecular formula is C19H23N3O5. The van der Waals surface area contributed by atoms with Crippen molar-refractivity contribution in [2.45, 2.75) is 19.9 Å². The zero-order chi connectivity index (χ0) is 20.0. The number of anilines is 1. The van der Waals surface area contributed by atoms with Crippen molar-refractivity contribution in [1.82, 2.24) is 10.3 Å². The molecule has 1 aromatic carbocycles. The average Bonchev–Trinajstić information content (AvgIpc) is 2.68. The number of amides is 2. The molecule has 0 aliphatic carbocycles. The highest BCUT2D eigenvalue weighted by Gasteiger charge is 2.19. The van der Waals surface area contributed by atoms with Crippen LogP contribution in [0.1, 0.15) is 12.5 Å². The number of hydrogen-bond donors (Lipinski definition) is 1. The molecule has 1 atom stereocenters. The highest BCUT2D eigenvalue weighted by molar-refractivity contribution is 5.96. The number of ether oxygens (including phenoxy) is 3. The number of aromatic nitrogens is 1. The molecule has 0 aliphatic heterocycles. The number of likely N-dealkylation sites (N-methyl/N-ethyl adjacent to an activating group) is 1. The van der Waals surface area contributed by atoms with Crippen LogP contribution in [-0.4, -0.2) is 44.6 Å². The van der Waals surface area contributed by atoms with E-state index in [9.17, 15) is 9.59 Å². The second-order valence-corrected chi connectivity index (χ2v) is 5.79. The SMILES string of the molecule is COc1cc(Oc2cccc(N(C)C(=O)C(C)NC=O)n2)cc(OC)c1C. The third kappa shape index (κ3) is 4.66. The molecule has 1 aromatic heterocycles. The van der Waals surface area contributed by atoms with Gasteiger partial charge in [0.15, 0.2) is 0 Å². The van der Waals surface area contributed by atoms with Gasteiger partial charge in [0.05, 0.1) is 14.2 Å². The van der Waals surface area contributed by atoms with E-state index < -0.39 is 6.04 Å². The van der Waals surface area contributed by atoms with E-state index in [1.165, 1.54) is 4.90 Å². The summed E-state index contributed by atoms with van der Waals surface area (Å²) >= 11 is 0. The molecule has 0 saturated carbocycles. The van der Waals surface area contributed by atoms with E-state index in [1.54, 1.807) is 58.5 Å². The van der Waals surface area contributed by atoms with E-state index in [4.69, 9.17) is 14.2 Å². The Hall–Kier alpha value is -3.29. The maximum Gasteiger partial charge on any atom is 0.250 e. The first kappa shape index (κ1) is 20.0. The minimum Gasteiger partial charge on any atom is -0.496 e. The summed E-state index contributed by atoms with van der Waals surface area (Å²) in [6, 6.07) is 7.88. The molecule has 0 saturated heterocycles. The van der Waals surface area contributed by atoms with Gasteiger partial charge in [0.25, 0.3) is 0 Å². The number of rotatable bonds is 8. The molecule has 1 unspecified atom stereocenters. The van der Waals surface area contributed by atoms with Gasteiger partial charge in [-0.05, 0) is 19.9 Å². The second kappa shape index (κ2) is 8.88. The van der Waals surface area contributed by atoms with Crippen LogP contribution in [0.4, 0.5) is 5.82 Å². The van der Waals surface area contributed by atoms with E-state index in [1.807, 2.05) is 6.92 Å². The molecule has 1 N–H and O–H groups in total. The minimum absolute atomic E-state index is 0.301. The Balaban J connectivity index is 2.26. The molecule has 144 valence electrons. The Morgan fingerprint density at radius 3 is 2.41 bits per heavy atom. The van der Waals surface area contributed by atoms with Crippen LogP contribution in [-0.2, 0) is 9.59 Å². The number of nitrogens with zero attached hydrogens (tertiary/aromatic N) is 2. The Morgan fingerprint density at radius 2 is 1.85 bits per heavy atom. The van der Waals surface area contributed by atoms with Gasteiger partial charge in [-0.25, -0.2) is 0 Å². The minimum atomic E-state index is -0.663. The second-order valence-electron chi connectivity index (χ2n) is 5.79. The summed E-state index contributed by atoms with van der Waals surface area (Å²) in [6.07, 6.45) is 0.488. The van der Waals surface area contributed by atoms with Gasteiger partial charge >= 0.3 is 0 Å². The number of carbonyl (C=O) groups is 2. The van der Waals surface area contributed by atoms with Crippen molar-refractivity contribution >= 4 is 18.1 Å². The topological polar surface area (TPSA) is 90.0 Å². The highest BCUT2D eigenvalue weighted by Crippen LogP contribution is 2.35. The molecule has 0 radical (unpaired) electrons. The first-order chi connectivity index (χ1) is 12.9. The quantitative estimate of drug-likeness (QED) is 0.714. The molecule has 0 fully saturated rings. The number of pyridine rings is 1. The fourth-order valence-electron chi connectivity index (χ4n) is 2.47. The predicted octanol–water partition coefficient (Wildman–Crippen LogP) is 2.30. The average molecular weight is 373 g/mol. The first-order valence-electron chi connectivity index (χ1n) is 8.26. The van der Waals surface area contributed by atoms with Crippen LogP contribution < -0.4 is 24.4 Å². The molecule has 0 aliphatic rings. The van der Waals surface area contributed by atoms with Crippen molar-refractivity contribution in [3.63, 3.8) is 0 Å². The van der Waals surface area contributed by atoms with Gasteiger partial charge in [-0.15, -0.1) is 0 Å². The van der Waals surface area contributed by atoms with Crippen molar-refractivity contribution in [2.24, 2.45) is 0 Å². The molecule has 8 nitrogen and oxygen atoms in total. The zero-order valence-corrected chi connectivity index (χ0v) is 16.0. The lowest BCUT2D eigenvalue weighted by Crippen LogP contribution is -2.43. The Labute approximate surface area is 158 Å². The van der Waals surface area contributed by atoms with Crippen LogP contribution in [0.5, 0.6) is 23.1 Å². The van der Waals surface area contributed by atoms with Gasteiger partial charge in [0, 0.05) is 30.8 Å². The van der Waals surface area contributed by atoms with Gasteiger partial charge in [0.2, 0.25) is 18.2 Å². The number of nitrogens with one attached hydrogen (secondary N) is 1. The van der Waals surface area contributed by atoms with E-state index in [0.29, 0.717) is 35.4 Å². The molecule has 2 rings (SSSR count). The largest absolute Gasteiger partial charge is 0.496 e. The first-order valence-corrected chi connectivity index (χ1v) is 8.26. The lowest BCUT2D eigenvalue weighted by Gasteiger charge is -2.20. The zero-order valence-electron chi connectivity index (χ0n) is 16.0. The molecule has 2 amide bonds. The van der Waals surface area contributed by atoms with Gasteiger partial charge < -0.3 is 19.5 Å². The summed E-state index contributed by atoms with van der Waals surface area (Å²) in [5.74, 6) is 2.14. The van der Waals surface area contributed by atoms with Crippen LogP contribution in [0.25, 0.3) is 0 Å². The van der Waals surface area contributed by atoms with Crippen LogP contribution in [0.3, 0.4) is 0 Å². The van der Waals surface area contributed by atoms with Gasteiger partial charge in [0.1, 0.15) is 29.1 Å². The Morgan fingerprint density at radius 1 is 1.22 bits per heavy atom. The maximum absolute atomic E-state index is 12.3. The third-order valence-corrected chi connectivity index (χ3v) is 4.02. The van der Waals surface area contributed by atoms with E-state index in [2.05, 4.69) is 10.3 Å².